The minimum Gasteiger partial charge on any atom is -0.103 e. The van der Waals surface area contributed by atoms with Crippen LogP contribution >= 0.6 is 0 Å². The largest absolute Gasteiger partial charge is 0.103 e. The fourth-order valence-electron chi connectivity index (χ4n) is 1.79. The van der Waals surface area contributed by atoms with Crippen molar-refractivity contribution in [2.24, 2.45) is 11.3 Å². The SMILES string of the molecule is CC1CCCCCCC#CC1(C)C. The van der Waals surface area contributed by atoms with Crippen LogP contribution in [0.25, 0.3) is 0 Å². The van der Waals surface area contributed by atoms with Crippen LogP contribution in [0.4, 0.5) is 0 Å². The highest BCUT2D eigenvalue weighted by Crippen LogP contribution is 2.30. The second kappa shape index (κ2) is 4.70. The van der Waals surface area contributed by atoms with Crippen molar-refractivity contribution in [3.63, 3.8) is 0 Å². The Morgan fingerprint density at radius 1 is 1.08 bits per heavy atom. The van der Waals surface area contributed by atoms with Gasteiger partial charge in [0.15, 0.2) is 0 Å². The lowest BCUT2D eigenvalue weighted by molar-refractivity contribution is 0.293. The standard InChI is InChI=1S/C13H22/c1-12-10-8-6-4-5-7-9-11-13(12,2)3/h12H,4-8,10H2,1-3H3. The number of rotatable bonds is 0. The average Bonchev–Trinajstić information content (AvgIpc) is 2.08. The Morgan fingerprint density at radius 3 is 2.54 bits per heavy atom. The van der Waals surface area contributed by atoms with E-state index in [4.69, 9.17) is 0 Å². The van der Waals surface area contributed by atoms with Crippen molar-refractivity contribution < 1.29 is 0 Å². The Labute approximate surface area is 83.1 Å². The molecule has 0 aromatic rings. The molecule has 13 heavy (non-hydrogen) atoms. The summed E-state index contributed by atoms with van der Waals surface area (Å²) in [5.74, 6) is 7.50. The molecular formula is C13H22. The van der Waals surface area contributed by atoms with E-state index >= 15 is 0 Å². The minimum atomic E-state index is 0.233. The zero-order valence-electron chi connectivity index (χ0n) is 9.32. The van der Waals surface area contributed by atoms with Crippen LogP contribution < -0.4 is 0 Å². The highest BCUT2D eigenvalue weighted by atomic mass is 14.3. The van der Waals surface area contributed by atoms with Gasteiger partial charge in [-0.3, -0.25) is 0 Å². The number of hydrogen-bond acceptors (Lipinski definition) is 0. The lowest BCUT2D eigenvalue weighted by Gasteiger charge is -2.26. The van der Waals surface area contributed by atoms with E-state index in [0.29, 0.717) is 0 Å². The third kappa shape index (κ3) is 3.43. The molecule has 0 saturated heterocycles. The first-order chi connectivity index (χ1) is 6.13. The summed E-state index contributed by atoms with van der Waals surface area (Å²) in [5.41, 5.74) is 0.233. The van der Waals surface area contributed by atoms with Crippen LogP contribution in [0.3, 0.4) is 0 Å². The zero-order valence-corrected chi connectivity index (χ0v) is 9.32. The van der Waals surface area contributed by atoms with Gasteiger partial charge in [0.05, 0.1) is 0 Å². The van der Waals surface area contributed by atoms with Gasteiger partial charge in [0.25, 0.3) is 0 Å². The molecule has 0 bridgehead atoms. The molecule has 0 aromatic carbocycles. The van der Waals surface area contributed by atoms with E-state index in [0.717, 1.165) is 12.3 Å². The Kier molecular flexibility index (Phi) is 3.85. The van der Waals surface area contributed by atoms with Crippen LogP contribution in [0.15, 0.2) is 0 Å². The minimum absolute atomic E-state index is 0.233. The van der Waals surface area contributed by atoms with Gasteiger partial charge in [-0.2, -0.15) is 0 Å². The maximum Gasteiger partial charge on any atom is 0.0283 e. The first-order valence-corrected chi connectivity index (χ1v) is 5.63. The summed E-state index contributed by atoms with van der Waals surface area (Å²) in [6.45, 7) is 6.91. The van der Waals surface area contributed by atoms with E-state index in [1.54, 1.807) is 0 Å². The molecule has 0 aromatic heterocycles. The van der Waals surface area contributed by atoms with Crippen molar-refractivity contribution in [2.75, 3.05) is 0 Å². The molecule has 0 N–H and O–H groups in total. The van der Waals surface area contributed by atoms with Crippen LogP contribution in [0.5, 0.6) is 0 Å². The first-order valence-electron chi connectivity index (χ1n) is 5.63. The Morgan fingerprint density at radius 2 is 1.77 bits per heavy atom. The molecule has 0 heterocycles. The van der Waals surface area contributed by atoms with Gasteiger partial charge in [0, 0.05) is 11.8 Å². The fourth-order valence-corrected chi connectivity index (χ4v) is 1.79. The molecule has 0 radical (unpaired) electrons. The predicted molar refractivity (Wildman–Crippen MR) is 58.4 cm³/mol. The molecule has 0 fully saturated rings. The Balaban J connectivity index is 2.63. The van der Waals surface area contributed by atoms with E-state index < -0.39 is 0 Å². The van der Waals surface area contributed by atoms with Crippen molar-refractivity contribution in [2.45, 2.75) is 59.3 Å². The monoisotopic (exact) mass is 178 g/mol. The quantitative estimate of drug-likeness (QED) is 0.492. The summed E-state index contributed by atoms with van der Waals surface area (Å²) in [6.07, 6.45) is 7.94. The summed E-state index contributed by atoms with van der Waals surface area (Å²) in [4.78, 5) is 0. The normalized spacial score (nSPS) is 28.7. The van der Waals surface area contributed by atoms with Gasteiger partial charge in [-0.25, -0.2) is 0 Å². The van der Waals surface area contributed by atoms with Crippen LogP contribution in [-0.4, -0.2) is 0 Å². The molecule has 74 valence electrons. The van der Waals surface area contributed by atoms with Crippen molar-refractivity contribution in [1.82, 2.24) is 0 Å². The highest BCUT2D eigenvalue weighted by Gasteiger charge is 2.22. The maximum absolute atomic E-state index is 3.43. The van der Waals surface area contributed by atoms with E-state index in [9.17, 15) is 0 Å². The summed E-state index contributed by atoms with van der Waals surface area (Å²) < 4.78 is 0. The highest BCUT2D eigenvalue weighted by molar-refractivity contribution is 5.10. The zero-order chi connectivity index (χ0) is 9.73. The van der Waals surface area contributed by atoms with Crippen LogP contribution in [0.1, 0.15) is 59.3 Å². The molecule has 1 rings (SSSR count). The van der Waals surface area contributed by atoms with E-state index in [1.165, 1.54) is 32.1 Å². The second-order valence-electron chi connectivity index (χ2n) is 4.88. The van der Waals surface area contributed by atoms with Gasteiger partial charge >= 0.3 is 0 Å². The average molecular weight is 178 g/mol. The lowest BCUT2D eigenvalue weighted by Crippen LogP contribution is -2.19. The van der Waals surface area contributed by atoms with Crippen LogP contribution in [-0.2, 0) is 0 Å². The fraction of sp³-hybridized carbons (Fsp3) is 0.846. The molecule has 0 nitrogen and oxygen atoms in total. The lowest BCUT2D eigenvalue weighted by atomic mass is 9.77. The maximum atomic E-state index is 3.43. The summed E-state index contributed by atoms with van der Waals surface area (Å²) in [5, 5.41) is 0. The van der Waals surface area contributed by atoms with Gasteiger partial charge in [0.2, 0.25) is 0 Å². The topological polar surface area (TPSA) is 0 Å². The molecule has 1 aliphatic carbocycles. The smallest absolute Gasteiger partial charge is 0.0283 e. The molecule has 1 atom stereocenters. The van der Waals surface area contributed by atoms with Crippen LogP contribution in [0, 0.1) is 23.2 Å². The van der Waals surface area contributed by atoms with Crippen molar-refractivity contribution in [3.05, 3.63) is 0 Å². The Bertz CT molecular complexity index is 202. The molecule has 0 spiro atoms. The molecule has 0 heteroatoms. The molecular weight excluding hydrogens is 156 g/mol. The second-order valence-corrected chi connectivity index (χ2v) is 4.88. The van der Waals surface area contributed by atoms with Crippen molar-refractivity contribution in [1.29, 1.82) is 0 Å². The van der Waals surface area contributed by atoms with Crippen LogP contribution in [0.2, 0.25) is 0 Å². The van der Waals surface area contributed by atoms with Gasteiger partial charge in [-0.15, -0.1) is 5.92 Å². The third-order valence-electron chi connectivity index (χ3n) is 3.33. The summed E-state index contributed by atoms with van der Waals surface area (Å²) >= 11 is 0. The number of hydrogen-bond donors (Lipinski definition) is 0. The van der Waals surface area contributed by atoms with E-state index in [1.807, 2.05) is 0 Å². The van der Waals surface area contributed by atoms with Gasteiger partial charge in [-0.1, -0.05) is 32.1 Å². The predicted octanol–water partition coefficient (Wildman–Crippen LogP) is 4.01. The molecule has 1 aliphatic rings. The van der Waals surface area contributed by atoms with Crippen molar-refractivity contribution >= 4 is 0 Å². The van der Waals surface area contributed by atoms with Gasteiger partial charge < -0.3 is 0 Å². The Hall–Kier alpha value is -0.440. The van der Waals surface area contributed by atoms with Gasteiger partial charge in [-0.05, 0) is 32.6 Å². The van der Waals surface area contributed by atoms with E-state index in [-0.39, 0.29) is 5.41 Å². The molecule has 0 aliphatic heterocycles. The van der Waals surface area contributed by atoms with Gasteiger partial charge in [0.1, 0.15) is 0 Å². The summed E-state index contributed by atoms with van der Waals surface area (Å²) in [7, 11) is 0. The third-order valence-corrected chi connectivity index (χ3v) is 3.33. The van der Waals surface area contributed by atoms with Crippen molar-refractivity contribution in [3.8, 4) is 11.8 Å². The first kappa shape index (κ1) is 10.6. The molecule has 1 unspecified atom stereocenters. The molecule has 0 amide bonds. The van der Waals surface area contributed by atoms with E-state index in [2.05, 4.69) is 32.6 Å². The summed E-state index contributed by atoms with van der Waals surface area (Å²) in [6, 6.07) is 0. The molecule has 0 saturated carbocycles.